The third kappa shape index (κ3) is 3.72. The third-order valence-corrected chi connectivity index (χ3v) is 2.86. The lowest BCUT2D eigenvalue weighted by Crippen LogP contribution is -2.53. The molecule has 1 aliphatic rings. The Morgan fingerprint density at radius 3 is 2.47 bits per heavy atom. The van der Waals surface area contributed by atoms with E-state index in [1.165, 1.54) is 11.8 Å². The number of hydrogen-bond acceptors (Lipinski definition) is 3. The maximum atomic E-state index is 11.6. The van der Waals surface area contributed by atoms with Crippen LogP contribution < -0.4 is 5.32 Å². The third-order valence-electron chi connectivity index (χ3n) is 2.86. The van der Waals surface area contributed by atoms with Crippen molar-refractivity contribution in [1.82, 2.24) is 10.2 Å². The normalized spacial score (nSPS) is 24.2. The number of nitrogens with zero attached hydrogens (tertiary/aromatic N) is 1. The van der Waals surface area contributed by atoms with E-state index in [1.54, 1.807) is 6.92 Å². The van der Waals surface area contributed by atoms with Crippen molar-refractivity contribution in [3.05, 3.63) is 0 Å². The zero-order valence-corrected chi connectivity index (χ0v) is 10.1. The summed E-state index contributed by atoms with van der Waals surface area (Å²) >= 11 is 0. The second-order valence-corrected chi connectivity index (χ2v) is 4.32. The molecule has 0 spiro atoms. The highest BCUT2D eigenvalue weighted by Crippen LogP contribution is 2.18. The average Bonchev–Trinajstić information content (AvgIpc) is 2.26. The van der Waals surface area contributed by atoms with Crippen LogP contribution in [0.25, 0.3) is 0 Å². The van der Waals surface area contributed by atoms with Gasteiger partial charge in [-0.3, -0.25) is 14.4 Å². The van der Waals surface area contributed by atoms with Gasteiger partial charge in [0.1, 0.15) is 0 Å². The van der Waals surface area contributed by atoms with Crippen LogP contribution in [0.2, 0.25) is 0 Å². The first-order valence-corrected chi connectivity index (χ1v) is 5.71. The highest BCUT2D eigenvalue weighted by molar-refractivity contribution is 5.78. The number of carbonyl (C=O) groups excluding carboxylic acids is 2. The Labute approximate surface area is 100.0 Å². The summed E-state index contributed by atoms with van der Waals surface area (Å²) in [6, 6.07) is -0.266. The van der Waals surface area contributed by atoms with Crippen LogP contribution in [-0.4, -0.2) is 46.9 Å². The minimum absolute atomic E-state index is 0.0775. The average molecular weight is 242 g/mol. The number of amides is 2. The number of likely N-dealkylation sites (tertiary alicyclic amines) is 1. The molecule has 2 N–H and O–H groups in total. The molecule has 1 saturated heterocycles. The number of carbonyl (C=O) groups is 3. The standard InChI is InChI=1S/C11H18N2O4/c1-3-10(15)13-5-8(11(16)17)4-9(6-13)12-7(2)14/h8-9H,3-6H2,1-2H3,(H,12,14)(H,16,17). The van der Waals surface area contributed by atoms with Gasteiger partial charge < -0.3 is 15.3 Å². The van der Waals surface area contributed by atoms with Gasteiger partial charge >= 0.3 is 5.97 Å². The molecule has 0 bridgehead atoms. The Kier molecular flexibility index (Phi) is 4.48. The van der Waals surface area contributed by atoms with Crippen molar-refractivity contribution < 1.29 is 19.5 Å². The summed E-state index contributed by atoms with van der Waals surface area (Å²) in [6.45, 7) is 3.75. The highest BCUT2D eigenvalue weighted by atomic mass is 16.4. The van der Waals surface area contributed by atoms with Crippen molar-refractivity contribution in [1.29, 1.82) is 0 Å². The first-order chi connectivity index (χ1) is 7.93. The molecule has 96 valence electrons. The maximum absolute atomic E-state index is 11.6. The van der Waals surface area contributed by atoms with Crippen molar-refractivity contribution in [2.75, 3.05) is 13.1 Å². The van der Waals surface area contributed by atoms with Crippen molar-refractivity contribution in [3.8, 4) is 0 Å². The molecule has 6 heteroatoms. The zero-order valence-electron chi connectivity index (χ0n) is 10.1. The van der Waals surface area contributed by atoms with Crippen LogP contribution in [0.4, 0.5) is 0 Å². The molecule has 0 aromatic rings. The Morgan fingerprint density at radius 2 is 2.00 bits per heavy atom. The molecular weight excluding hydrogens is 224 g/mol. The molecule has 0 radical (unpaired) electrons. The Bertz CT molecular complexity index is 329. The number of aliphatic carboxylic acids is 1. The second kappa shape index (κ2) is 5.65. The first-order valence-electron chi connectivity index (χ1n) is 5.71. The van der Waals surface area contributed by atoms with Gasteiger partial charge in [-0.15, -0.1) is 0 Å². The van der Waals surface area contributed by atoms with Gasteiger partial charge in [-0.25, -0.2) is 0 Å². The lowest BCUT2D eigenvalue weighted by Gasteiger charge is -2.36. The highest BCUT2D eigenvalue weighted by Gasteiger charge is 2.33. The van der Waals surface area contributed by atoms with E-state index in [1.807, 2.05) is 0 Å². The van der Waals surface area contributed by atoms with E-state index in [9.17, 15) is 14.4 Å². The van der Waals surface area contributed by atoms with Crippen molar-refractivity contribution in [3.63, 3.8) is 0 Å². The second-order valence-electron chi connectivity index (χ2n) is 4.32. The fraction of sp³-hybridized carbons (Fsp3) is 0.727. The van der Waals surface area contributed by atoms with E-state index >= 15 is 0 Å². The van der Waals surface area contributed by atoms with Gasteiger partial charge in [-0.2, -0.15) is 0 Å². The predicted octanol–water partition coefficient (Wildman–Crippen LogP) is -0.166. The van der Waals surface area contributed by atoms with Crippen LogP contribution in [0.15, 0.2) is 0 Å². The Balaban J connectivity index is 2.72. The lowest BCUT2D eigenvalue weighted by atomic mass is 9.94. The van der Waals surface area contributed by atoms with Crippen molar-refractivity contribution >= 4 is 17.8 Å². The molecule has 1 heterocycles. The van der Waals surface area contributed by atoms with Crippen LogP contribution in [0.1, 0.15) is 26.7 Å². The largest absolute Gasteiger partial charge is 0.481 e. The van der Waals surface area contributed by atoms with Crippen LogP contribution >= 0.6 is 0 Å². The summed E-state index contributed by atoms with van der Waals surface area (Å²) in [4.78, 5) is 35.1. The lowest BCUT2D eigenvalue weighted by molar-refractivity contribution is -0.147. The maximum Gasteiger partial charge on any atom is 0.308 e. The summed E-state index contributed by atoms with van der Waals surface area (Å²) in [5.74, 6) is -1.80. The molecule has 2 amide bonds. The summed E-state index contributed by atoms with van der Waals surface area (Å²) in [5.41, 5.74) is 0. The van der Waals surface area contributed by atoms with Gasteiger partial charge in [0.15, 0.2) is 0 Å². The molecule has 6 nitrogen and oxygen atoms in total. The molecule has 0 aromatic heterocycles. The molecule has 1 aliphatic heterocycles. The molecule has 2 unspecified atom stereocenters. The van der Waals surface area contributed by atoms with Gasteiger partial charge in [0.2, 0.25) is 11.8 Å². The van der Waals surface area contributed by atoms with Gasteiger partial charge in [0, 0.05) is 32.5 Å². The minimum Gasteiger partial charge on any atom is -0.481 e. The minimum atomic E-state index is -0.922. The van der Waals surface area contributed by atoms with Crippen LogP contribution in [0.3, 0.4) is 0 Å². The molecule has 1 fully saturated rings. The van der Waals surface area contributed by atoms with Crippen molar-refractivity contribution in [2.24, 2.45) is 5.92 Å². The molecule has 1 rings (SSSR count). The number of nitrogens with one attached hydrogen (secondary N) is 1. The summed E-state index contributed by atoms with van der Waals surface area (Å²) in [6.07, 6.45) is 0.724. The molecular formula is C11H18N2O4. The SMILES string of the molecule is CCC(=O)N1CC(NC(C)=O)CC(C(=O)O)C1. The Hall–Kier alpha value is -1.59. The number of carboxylic acid groups (broad SMARTS) is 1. The topological polar surface area (TPSA) is 86.7 Å². The molecule has 2 atom stereocenters. The van der Waals surface area contributed by atoms with Gasteiger partial charge in [-0.05, 0) is 6.42 Å². The quantitative estimate of drug-likeness (QED) is 0.719. The number of rotatable bonds is 3. The summed E-state index contributed by atoms with van der Waals surface area (Å²) in [7, 11) is 0. The van der Waals surface area contributed by atoms with Gasteiger partial charge in [-0.1, -0.05) is 6.92 Å². The fourth-order valence-electron chi connectivity index (χ4n) is 2.10. The van der Waals surface area contributed by atoms with E-state index < -0.39 is 11.9 Å². The van der Waals surface area contributed by atoms with E-state index in [4.69, 9.17) is 5.11 Å². The number of hydrogen-bond donors (Lipinski definition) is 2. The van der Waals surface area contributed by atoms with Crippen LogP contribution in [0, 0.1) is 5.92 Å². The molecule has 0 aromatic carbocycles. The zero-order chi connectivity index (χ0) is 13.0. The predicted molar refractivity (Wildman–Crippen MR) is 60.2 cm³/mol. The number of carboxylic acids is 1. The van der Waals surface area contributed by atoms with E-state index in [-0.39, 0.29) is 24.4 Å². The smallest absolute Gasteiger partial charge is 0.308 e. The van der Waals surface area contributed by atoms with Gasteiger partial charge in [0.25, 0.3) is 0 Å². The molecule has 17 heavy (non-hydrogen) atoms. The summed E-state index contributed by atoms with van der Waals surface area (Å²) in [5, 5.41) is 11.7. The molecule has 0 aliphatic carbocycles. The van der Waals surface area contributed by atoms with Gasteiger partial charge in [0.05, 0.1) is 5.92 Å². The van der Waals surface area contributed by atoms with E-state index in [0.29, 0.717) is 19.4 Å². The van der Waals surface area contributed by atoms with Crippen molar-refractivity contribution in [2.45, 2.75) is 32.7 Å². The van der Waals surface area contributed by atoms with Crippen LogP contribution in [-0.2, 0) is 14.4 Å². The first kappa shape index (κ1) is 13.5. The summed E-state index contributed by atoms with van der Waals surface area (Å²) < 4.78 is 0. The van der Waals surface area contributed by atoms with Crippen LogP contribution in [0.5, 0.6) is 0 Å². The number of piperidine rings is 1. The molecule has 0 saturated carbocycles. The fourth-order valence-corrected chi connectivity index (χ4v) is 2.10. The van der Waals surface area contributed by atoms with E-state index in [2.05, 4.69) is 5.32 Å². The monoisotopic (exact) mass is 242 g/mol. The Morgan fingerprint density at radius 1 is 1.35 bits per heavy atom. The van der Waals surface area contributed by atoms with E-state index in [0.717, 1.165) is 0 Å².